The Labute approximate surface area is 128 Å². The van der Waals surface area contributed by atoms with E-state index in [1.54, 1.807) is 6.07 Å². The van der Waals surface area contributed by atoms with Crippen LogP contribution in [0.15, 0.2) is 41.8 Å². The first kappa shape index (κ1) is 17.1. The van der Waals surface area contributed by atoms with Crippen LogP contribution >= 0.6 is 11.8 Å². The lowest BCUT2D eigenvalue weighted by Crippen LogP contribution is -2.27. The van der Waals surface area contributed by atoms with E-state index < -0.39 is 18.2 Å². The van der Waals surface area contributed by atoms with Crippen molar-refractivity contribution in [3.05, 3.63) is 36.9 Å². The second-order valence-electron chi connectivity index (χ2n) is 4.10. The Morgan fingerprint density at radius 3 is 2.76 bits per heavy atom. The van der Waals surface area contributed by atoms with Gasteiger partial charge >= 0.3 is 12.1 Å². The normalized spacial score (nSPS) is 11.3. The third kappa shape index (κ3) is 5.91. The van der Waals surface area contributed by atoms with Crippen molar-refractivity contribution in [2.24, 2.45) is 0 Å². The van der Waals surface area contributed by atoms with Gasteiger partial charge in [0.1, 0.15) is 12.7 Å². The zero-order valence-electron chi connectivity index (χ0n) is 12.1. The van der Waals surface area contributed by atoms with Crippen LogP contribution in [0.25, 0.3) is 0 Å². The lowest BCUT2D eigenvalue weighted by molar-refractivity contribution is -0.140. The van der Waals surface area contributed by atoms with E-state index in [0.717, 1.165) is 11.0 Å². The summed E-state index contributed by atoms with van der Waals surface area (Å²) in [6, 6.07) is 7.43. The van der Waals surface area contributed by atoms with Crippen molar-refractivity contribution in [1.29, 1.82) is 0 Å². The molecule has 5 nitrogen and oxygen atoms in total. The molecule has 0 saturated heterocycles. The molecule has 1 atom stereocenters. The van der Waals surface area contributed by atoms with Crippen LogP contribution in [-0.4, -0.2) is 31.0 Å². The van der Waals surface area contributed by atoms with Gasteiger partial charge in [-0.1, -0.05) is 25.6 Å². The number of esters is 1. The first-order valence-electron chi connectivity index (χ1n) is 6.50. The van der Waals surface area contributed by atoms with Crippen molar-refractivity contribution in [2.45, 2.75) is 24.3 Å². The zero-order valence-corrected chi connectivity index (χ0v) is 12.9. The van der Waals surface area contributed by atoms with Crippen molar-refractivity contribution in [3.8, 4) is 0 Å². The molecule has 0 heterocycles. The summed E-state index contributed by atoms with van der Waals surface area (Å²) in [4.78, 5) is 23.8. The maximum absolute atomic E-state index is 11.9. The first-order valence-corrected chi connectivity index (χ1v) is 7.73. The van der Waals surface area contributed by atoms with Gasteiger partial charge in [0, 0.05) is 11.0 Å². The second-order valence-corrected chi connectivity index (χ2v) is 4.94. The van der Waals surface area contributed by atoms with Crippen LogP contribution in [0.4, 0.5) is 10.5 Å². The van der Waals surface area contributed by atoms with Crippen LogP contribution in [-0.2, 0) is 14.3 Å². The number of amides is 1. The van der Waals surface area contributed by atoms with Crippen LogP contribution in [0.5, 0.6) is 0 Å². The Morgan fingerprint density at radius 2 is 2.14 bits per heavy atom. The number of benzene rings is 1. The molecular weight excluding hydrogens is 290 g/mol. The number of thioether (sulfide) groups is 1. The SMILES string of the molecule is C=CC(=O)OCC(CC)OC(=O)Nc1ccccc1SC. The molecule has 1 unspecified atom stereocenters. The number of anilines is 1. The van der Waals surface area contributed by atoms with Gasteiger partial charge < -0.3 is 9.47 Å². The minimum atomic E-state index is -0.571. The Hall–Kier alpha value is -1.95. The molecular formula is C15H19NO4S. The van der Waals surface area contributed by atoms with Gasteiger partial charge in [0.2, 0.25) is 0 Å². The molecule has 1 aromatic carbocycles. The van der Waals surface area contributed by atoms with E-state index in [2.05, 4.69) is 11.9 Å². The molecule has 0 aliphatic heterocycles. The average Bonchev–Trinajstić information content (AvgIpc) is 2.51. The largest absolute Gasteiger partial charge is 0.459 e. The summed E-state index contributed by atoms with van der Waals surface area (Å²) in [7, 11) is 0. The van der Waals surface area contributed by atoms with E-state index in [4.69, 9.17) is 9.47 Å². The van der Waals surface area contributed by atoms with Gasteiger partial charge in [0.25, 0.3) is 0 Å². The predicted octanol–water partition coefficient (Wildman–Crippen LogP) is 3.46. The fourth-order valence-corrected chi connectivity index (χ4v) is 2.06. The number of ether oxygens (including phenoxy) is 2. The molecule has 0 aliphatic carbocycles. The smallest absolute Gasteiger partial charge is 0.412 e. The van der Waals surface area contributed by atoms with Crippen LogP contribution in [0.2, 0.25) is 0 Å². The quantitative estimate of drug-likeness (QED) is 0.475. The topological polar surface area (TPSA) is 64.6 Å². The monoisotopic (exact) mass is 309 g/mol. The van der Waals surface area contributed by atoms with Gasteiger partial charge in [-0.25, -0.2) is 9.59 Å². The molecule has 6 heteroatoms. The molecule has 1 N–H and O–H groups in total. The number of hydrogen-bond donors (Lipinski definition) is 1. The summed E-state index contributed by atoms with van der Waals surface area (Å²) in [6.45, 7) is 5.16. The van der Waals surface area contributed by atoms with Crippen molar-refractivity contribution in [3.63, 3.8) is 0 Å². The zero-order chi connectivity index (χ0) is 15.7. The lowest BCUT2D eigenvalue weighted by atomic mass is 10.3. The van der Waals surface area contributed by atoms with Crippen LogP contribution in [0.3, 0.4) is 0 Å². The fraction of sp³-hybridized carbons (Fsp3) is 0.333. The molecule has 21 heavy (non-hydrogen) atoms. The molecule has 1 aromatic rings. The lowest BCUT2D eigenvalue weighted by Gasteiger charge is -2.17. The van der Waals surface area contributed by atoms with Gasteiger partial charge in [-0.2, -0.15) is 0 Å². The summed E-state index contributed by atoms with van der Waals surface area (Å²) in [6.07, 6.45) is 2.48. The highest BCUT2D eigenvalue weighted by molar-refractivity contribution is 7.98. The third-order valence-corrected chi connectivity index (χ3v) is 3.45. The van der Waals surface area contributed by atoms with Crippen LogP contribution in [0.1, 0.15) is 13.3 Å². The summed E-state index contributed by atoms with van der Waals surface area (Å²) >= 11 is 1.53. The van der Waals surface area contributed by atoms with Gasteiger partial charge in [-0.3, -0.25) is 5.32 Å². The molecule has 0 radical (unpaired) electrons. The number of carbonyl (C=O) groups excluding carboxylic acids is 2. The van der Waals surface area contributed by atoms with Crippen molar-refractivity contribution >= 4 is 29.5 Å². The Morgan fingerprint density at radius 1 is 1.43 bits per heavy atom. The Balaban J connectivity index is 2.54. The minimum absolute atomic E-state index is 0.0128. The van der Waals surface area contributed by atoms with Gasteiger partial charge in [-0.05, 0) is 24.8 Å². The summed E-state index contributed by atoms with van der Waals surface area (Å²) in [5.41, 5.74) is 0.688. The molecule has 0 spiro atoms. The highest BCUT2D eigenvalue weighted by Crippen LogP contribution is 2.24. The molecule has 0 saturated carbocycles. The number of para-hydroxylation sites is 1. The fourth-order valence-electron chi connectivity index (χ4n) is 1.51. The standard InChI is InChI=1S/C15H19NO4S/c1-4-11(10-19-14(17)5-2)20-15(18)16-12-8-6-7-9-13(12)21-3/h5-9,11H,2,4,10H2,1,3H3,(H,16,18). The summed E-state index contributed by atoms with van der Waals surface area (Å²) in [5.74, 6) is -0.537. The van der Waals surface area contributed by atoms with Gasteiger partial charge in [0.15, 0.2) is 0 Å². The van der Waals surface area contributed by atoms with E-state index in [0.29, 0.717) is 12.1 Å². The van der Waals surface area contributed by atoms with E-state index in [1.165, 1.54) is 11.8 Å². The van der Waals surface area contributed by atoms with Gasteiger partial charge in [-0.15, -0.1) is 11.8 Å². The summed E-state index contributed by atoms with van der Waals surface area (Å²) in [5, 5.41) is 2.69. The van der Waals surface area contributed by atoms with Crippen LogP contribution in [0, 0.1) is 0 Å². The first-order chi connectivity index (χ1) is 10.1. The molecule has 0 fully saturated rings. The van der Waals surface area contributed by atoms with Crippen molar-refractivity contribution in [2.75, 3.05) is 18.2 Å². The summed E-state index contributed by atoms with van der Waals surface area (Å²) < 4.78 is 10.1. The molecule has 1 amide bonds. The number of rotatable bonds is 7. The van der Waals surface area contributed by atoms with Crippen molar-refractivity contribution in [1.82, 2.24) is 0 Å². The van der Waals surface area contributed by atoms with Crippen LogP contribution < -0.4 is 5.32 Å². The van der Waals surface area contributed by atoms with Crippen molar-refractivity contribution < 1.29 is 19.1 Å². The van der Waals surface area contributed by atoms with E-state index in [9.17, 15) is 9.59 Å². The highest BCUT2D eigenvalue weighted by atomic mass is 32.2. The predicted molar refractivity (Wildman–Crippen MR) is 83.6 cm³/mol. The average molecular weight is 309 g/mol. The number of nitrogens with one attached hydrogen (secondary N) is 1. The second kappa shape index (κ2) is 9.07. The van der Waals surface area contributed by atoms with E-state index >= 15 is 0 Å². The third-order valence-electron chi connectivity index (χ3n) is 2.65. The van der Waals surface area contributed by atoms with E-state index in [1.807, 2.05) is 31.4 Å². The molecule has 0 bridgehead atoms. The molecule has 114 valence electrons. The van der Waals surface area contributed by atoms with E-state index in [-0.39, 0.29) is 6.61 Å². The Bertz CT molecular complexity index is 504. The van der Waals surface area contributed by atoms with Gasteiger partial charge in [0.05, 0.1) is 5.69 Å². The molecule has 0 aliphatic rings. The number of hydrogen-bond acceptors (Lipinski definition) is 5. The maximum atomic E-state index is 11.9. The molecule has 0 aromatic heterocycles. The highest BCUT2D eigenvalue weighted by Gasteiger charge is 2.15. The minimum Gasteiger partial charge on any atom is -0.459 e. The Kier molecular flexibility index (Phi) is 7.39. The number of carbonyl (C=O) groups is 2. The maximum Gasteiger partial charge on any atom is 0.412 e. The molecule has 1 rings (SSSR count).